The zero-order valence-corrected chi connectivity index (χ0v) is 11.8. The van der Waals surface area contributed by atoms with E-state index < -0.39 is 11.6 Å². The van der Waals surface area contributed by atoms with Crippen LogP contribution in [0.15, 0.2) is 48.5 Å². The van der Waals surface area contributed by atoms with Crippen LogP contribution in [0.3, 0.4) is 0 Å². The molecule has 0 saturated heterocycles. The molecular weight excluding hydrogens is 276 g/mol. The molecule has 0 radical (unpaired) electrons. The number of benzene rings is 2. The van der Waals surface area contributed by atoms with Crippen LogP contribution in [0, 0.1) is 0 Å². The van der Waals surface area contributed by atoms with Gasteiger partial charge in [0.1, 0.15) is 0 Å². The van der Waals surface area contributed by atoms with Crippen molar-refractivity contribution in [2.24, 2.45) is 0 Å². The molecule has 0 aliphatic rings. The number of hydrogen-bond donors (Lipinski definition) is 2. The number of hydrogen-bond acceptors (Lipinski definition) is 2. The summed E-state index contributed by atoms with van der Waals surface area (Å²) in [6, 6.07) is 14.6. The van der Waals surface area contributed by atoms with Crippen molar-refractivity contribution in [1.82, 2.24) is 0 Å². The average Bonchev–Trinajstić information content (AvgIpc) is 2.38. The Morgan fingerprint density at radius 1 is 1.05 bits per heavy atom. The van der Waals surface area contributed by atoms with Crippen molar-refractivity contribution in [1.29, 1.82) is 0 Å². The van der Waals surface area contributed by atoms with Crippen LogP contribution >= 0.6 is 11.6 Å². The third-order valence-electron chi connectivity index (χ3n) is 3.18. The molecule has 0 aliphatic carbocycles. The van der Waals surface area contributed by atoms with Crippen molar-refractivity contribution in [2.75, 3.05) is 0 Å². The predicted molar refractivity (Wildman–Crippen MR) is 78.7 cm³/mol. The quantitative estimate of drug-likeness (QED) is 0.903. The van der Waals surface area contributed by atoms with Gasteiger partial charge in [0.2, 0.25) is 0 Å². The smallest absolute Gasteiger partial charge is 0.306 e. The van der Waals surface area contributed by atoms with Crippen LogP contribution in [0.2, 0.25) is 5.02 Å². The fourth-order valence-electron chi connectivity index (χ4n) is 2.06. The fourth-order valence-corrected chi connectivity index (χ4v) is 2.19. The zero-order valence-electron chi connectivity index (χ0n) is 11.0. The summed E-state index contributed by atoms with van der Waals surface area (Å²) < 4.78 is 0. The molecule has 20 heavy (non-hydrogen) atoms. The molecule has 1 atom stereocenters. The molecule has 0 heterocycles. The molecule has 4 heteroatoms. The van der Waals surface area contributed by atoms with Crippen LogP contribution in [-0.4, -0.2) is 16.2 Å². The average molecular weight is 291 g/mol. The first kappa shape index (κ1) is 14.6. The van der Waals surface area contributed by atoms with E-state index in [-0.39, 0.29) is 6.42 Å². The maximum Gasteiger partial charge on any atom is 0.306 e. The Bertz CT molecular complexity index is 601. The van der Waals surface area contributed by atoms with Gasteiger partial charge in [0, 0.05) is 5.02 Å². The van der Waals surface area contributed by atoms with E-state index in [1.807, 2.05) is 36.4 Å². The summed E-state index contributed by atoms with van der Waals surface area (Å²) >= 11 is 5.84. The Kier molecular flexibility index (Phi) is 4.12. The fraction of sp³-hybridized carbons (Fsp3) is 0.188. The molecule has 2 aromatic carbocycles. The Morgan fingerprint density at radius 3 is 1.95 bits per heavy atom. The second kappa shape index (κ2) is 5.65. The van der Waals surface area contributed by atoms with Gasteiger partial charge in [-0.25, -0.2) is 0 Å². The minimum Gasteiger partial charge on any atom is -0.481 e. The van der Waals surface area contributed by atoms with Gasteiger partial charge in [-0.1, -0.05) is 48.0 Å². The number of carboxylic acids is 1. The summed E-state index contributed by atoms with van der Waals surface area (Å²) in [5, 5.41) is 19.6. The van der Waals surface area contributed by atoms with Crippen molar-refractivity contribution in [3.8, 4) is 11.1 Å². The van der Waals surface area contributed by atoms with Crippen LogP contribution < -0.4 is 0 Å². The number of carbonyl (C=O) groups is 1. The minimum absolute atomic E-state index is 0.326. The van der Waals surface area contributed by atoms with Gasteiger partial charge < -0.3 is 10.2 Å². The summed E-state index contributed by atoms with van der Waals surface area (Å²) in [5.41, 5.74) is 1.21. The predicted octanol–water partition coefficient (Wildman–Crippen LogP) is 3.69. The van der Waals surface area contributed by atoms with Crippen molar-refractivity contribution in [2.45, 2.75) is 18.9 Å². The van der Waals surface area contributed by atoms with Gasteiger partial charge in [0.05, 0.1) is 12.0 Å². The van der Waals surface area contributed by atoms with E-state index >= 15 is 0 Å². The molecule has 0 bridgehead atoms. The van der Waals surface area contributed by atoms with Gasteiger partial charge in [0.25, 0.3) is 0 Å². The summed E-state index contributed by atoms with van der Waals surface area (Å²) in [7, 11) is 0. The third-order valence-corrected chi connectivity index (χ3v) is 3.43. The summed E-state index contributed by atoms with van der Waals surface area (Å²) in [6.45, 7) is 1.50. The number of halogens is 1. The normalized spacial score (nSPS) is 13.8. The second-order valence-electron chi connectivity index (χ2n) is 4.93. The van der Waals surface area contributed by atoms with Crippen LogP contribution in [-0.2, 0) is 10.4 Å². The highest BCUT2D eigenvalue weighted by molar-refractivity contribution is 6.30. The SMILES string of the molecule is CC(O)(CC(=O)O)c1ccc(-c2ccc(Cl)cc2)cc1. The van der Waals surface area contributed by atoms with Crippen LogP contribution in [0.25, 0.3) is 11.1 Å². The van der Waals surface area contributed by atoms with Crippen molar-refractivity contribution in [3.63, 3.8) is 0 Å². The van der Waals surface area contributed by atoms with Gasteiger partial charge in [0.15, 0.2) is 0 Å². The van der Waals surface area contributed by atoms with Gasteiger partial charge in [-0.15, -0.1) is 0 Å². The first-order valence-electron chi connectivity index (χ1n) is 6.19. The van der Waals surface area contributed by atoms with Crippen molar-refractivity contribution in [3.05, 3.63) is 59.1 Å². The molecule has 0 fully saturated rings. The number of rotatable bonds is 4. The molecule has 1 unspecified atom stereocenters. The molecule has 3 nitrogen and oxygen atoms in total. The summed E-state index contributed by atoms with van der Waals surface area (Å²) in [6.07, 6.45) is -0.326. The Balaban J connectivity index is 2.26. The molecule has 0 saturated carbocycles. The molecule has 0 spiro atoms. The third kappa shape index (κ3) is 3.38. The zero-order chi connectivity index (χ0) is 14.8. The molecule has 104 valence electrons. The minimum atomic E-state index is -1.37. The lowest BCUT2D eigenvalue weighted by Crippen LogP contribution is -2.24. The Labute approximate surface area is 122 Å². The first-order valence-corrected chi connectivity index (χ1v) is 6.57. The summed E-state index contributed by atoms with van der Waals surface area (Å²) in [4.78, 5) is 10.7. The molecule has 2 N–H and O–H groups in total. The van der Waals surface area contributed by atoms with Crippen LogP contribution in [0.4, 0.5) is 0 Å². The number of aliphatic hydroxyl groups is 1. The van der Waals surface area contributed by atoms with E-state index in [1.54, 1.807) is 12.1 Å². The second-order valence-corrected chi connectivity index (χ2v) is 5.37. The number of aliphatic carboxylic acids is 1. The lowest BCUT2D eigenvalue weighted by atomic mass is 9.91. The van der Waals surface area contributed by atoms with E-state index in [0.29, 0.717) is 10.6 Å². The topological polar surface area (TPSA) is 57.5 Å². The molecule has 0 amide bonds. The highest BCUT2D eigenvalue weighted by Gasteiger charge is 2.26. The monoisotopic (exact) mass is 290 g/mol. The van der Waals surface area contributed by atoms with E-state index in [1.165, 1.54) is 6.92 Å². The number of carboxylic acid groups (broad SMARTS) is 1. The molecular formula is C16H15ClO3. The molecule has 2 rings (SSSR count). The van der Waals surface area contributed by atoms with Gasteiger partial charge >= 0.3 is 5.97 Å². The first-order chi connectivity index (χ1) is 9.38. The van der Waals surface area contributed by atoms with Crippen molar-refractivity contribution >= 4 is 17.6 Å². The van der Waals surface area contributed by atoms with E-state index in [4.69, 9.17) is 16.7 Å². The van der Waals surface area contributed by atoms with Gasteiger partial charge in [-0.2, -0.15) is 0 Å². The largest absolute Gasteiger partial charge is 0.481 e. The summed E-state index contributed by atoms with van der Waals surface area (Å²) in [5.74, 6) is -1.03. The highest BCUT2D eigenvalue weighted by atomic mass is 35.5. The lowest BCUT2D eigenvalue weighted by Gasteiger charge is -2.21. The van der Waals surface area contributed by atoms with E-state index in [9.17, 15) is 9.90 Å². The van der Waals surface area contributed by atoms with E-state index in [0.717, 1.165) is 11.1 Å². The Hall–Kier alpha value is -1.84. The maximum atomic E-state index is 10.7. The van der Waals surface area contributed by atoms with Gasteiger partial charge in [-0.05, 0) is 35.7 Å². The van der Waals surface area contributed by atoms with Crippen LogP contribution in [0.1, 0.15) is 18.9 Å². The lowest BCUT2D eigenvalue weighted by molar-refractivity contribution is -0.142. The maximum absolute atomic E-state index is 10.7. The highest BCUT2D eigenvalue weighted by Crippen LogP contribution is 2.28. The van der Waals surface area contributed by atoms with Crippen LogP contribution in [0.5, 0.6) is 0 Å². The molecule has 0 aliphatic heterocycles. The molecule has 0 aromatic heterocycles. The standard InChI is InChI=1S/C16H15ClO3/c1-16(20,10-15(18)19)13-6-2-11(3-7-13)12-4-8-14(17)9-5-12/h2-9,20H,10H2,1H3,(H,18,19). The Morgan fingerprint density at radius 2 is 1.50 bits per heavy atom. The van der Waals surface area contributed by atoms with E-state index in [2.05, 4.69) is 0 Å². The van der Waals surface area contributed by atoms with Gasteiger partial charge in [-0.3, -0.25) is 4.79 Å². The molecule has 2 aromatic rings. The van der Waals surface area contributed by atoms with Crippen molar-refractivity contribution < 1.29 is 15.0 Å².